The molecule has 1 aromatic carbocycles. The van der Waals surface area contributed by atoms with Crippen LogP contribution in [0, 0.1) is 34.6 Å². The van der Waals surface area contributed by atoms with Crippen molar-refractivity contribution < 1.29 is 57.7 Å². The van der Waals surface area contributed by atoms with Crippen LogP contribution in [0.1, 0.15) is 33.4 Å². The van der Waals surface area contributed by atoms with Gasteiger partial charge in [-0.15, -0.1) is 0 Å². The molecule has 1 aliphatic carbocycles. The van der Waals surface area contributed by atoms with Crippen LogP contribution in [0.5, 0.6) is 0 Å². The summed E-state index contributed by atoms with van der Waals surface area (Å²) in [4.78, 5) is 0. The van der Waals surface area contributed by atoms with E-state index < -0.39 is 8.07 Å². The van der Waals surface area contributed by atoms with E-state index in [9.17, 15) is 0 Å². The van der Waals surface area contributed by atoms with Gasteiger partial charge in [0.05, 0.1) is 0 Å². The zero-order valence-electron chi connectivity index (χ0n) is 16.6. The Labute approximate surface area is 186 Å². The summed E-state index contributed by atoms with van der Waals surface area (Å²) in [6, 6.07) is 0. The average molecular weight is 452 g/mol. The first-order valence-corrected chi connectivity index (χ1v) is 12.5. The van der Waals surface area contributed by atoms with Gasteiger partial charge < -0.3 is 37.2 Å². The second-order valence-corrected chi connectivity index (χ2v) is 14.5. The number of rotatable bonds is 3. The van der Waals surface area contributed by atoms with Crippen molar-refractivity contribution in [3.8, 4) is 0 Å². The van der Waals surface area contributed by atoms with Crippen molar-refractivity contribution in [3.63, 3.8) is 0 Å². The Morgan fingerprint density at radius 2 is 1.20 bits per heavy atom. The Bertz CT molecular complexity index is 658. The molecular formula is C20H29Cl3SiTi. The monoisotopic (exact) mass is 450 g/mol. The molecule has 0 heterocycles. The van der Waals surface area contributed by atoms with Gasteiger partial charge in [0.15, 0.2) is 0 Å². The molecule has 0 aliphatic heterocycles. The number of halogens is 3. The Hall–Kier alpha value is 0.501. The van der Waals surface area contributed by atoms with Crippen LogP contribution in [0.2, 0.25) is 23.4 Å². The van der Waals surface area contributed by atoms with Gasteiger partial charge in [-0.1, -0.05) is 0 Å². The molecule has 0 radical (unpaired) electrons. The van der Waals surface area contributed by atoms with Crippen LogP contribution >= 0.6 is 0 Å². The van der Waals surface area contributed by atoms with Gasteiger partial charge in [0.2, 0.25) is 0 Å². The fraction of sp³-hybridized carbons (Fsp3) is 0.500. The largest absolute Gasteiger partial charge is 1.00 e. The molecule has 1 atom stereocenters. The van der Waals surface area contributed by atoms with Crippen molar-refractivity contribution >= 4 is 8.07 Å². The third-order valence-corrected chi connectivity index (χ3v) is 8.27. The zero-order chi connectivity index (χ0) is 16.9. The van der Waals surface area contributed by atoms with Gasteiger partial charge in [-0.3, -0.25) is 0 Å². The first-order chi connectivity index (χ1) is 9.96. The van der Waals surface area contributed by atoms with E-state index in [0.717, 1.165) is 6.42 Å². The van der Waals surface area contributed by atoms with Crippen LogP contribution < -0.4 is 37.2 Å². The van der Waals surface area contributed by atoms with Crippen LogP contribution in [-0.2, 0) is 26.9 Å². The molecule has 0 N–H and O–H groups in total. The summed E-state index contributed by atoms with van der Waals surface area (Å²) in [5.74, 6) is 0. The minimum atomic E-state index is -1.21. The van der Waals surface area contributed by atoms with E-state index in [1.54, 1.807) is 10.8 Å². The quantitative estimate of drug-likeness (QED) is 0.426. The summed E-state index contributed by atoms with van der Waals surface area (Å²) >= 11 is 2.39. The Kier molecular flexibility index (Phi) is 10.7. The van der Waals surface area contributed by atoms with Crippen LogP contribution in [-0.4, -0.2) is 8.07 Å². The topological polar surface area (TPSA) is 0 Å². The molecule has 1 unspecified atom stereocenters. The van der Waals surface area contributed by atoms with E-state index in [-0.39, 0.29) is 40.9 Å². The minimum Gasteiger partial charge on any atom is -1.00 e. The van der Waals surface area contributed by atoms with Crippen molar-refractivity contribution in [2.24, 2.45) is 0 Å². The number of allylic oxidation sites excluding steroid dienone is 4. The average Bonchev–Trinajstić information content (AvgIpc) is 2.82. The summed E-state index contributed by atoms with van der Waals surface area (Å²) in [6.07, 6.45) is 8.49. The minimum absolute atomic E-state index is 0. The van der Waals surface area contributed by atoms with Crippen LogP contribution in [0.4, 0.5) is 0 Å². The van der Waals surface area contributed by atoms with Gasteiger partial charge in [0, 0.05) is 0 Å². The van der Waals surface area contributed by atoms with Crippen molar-refractivity contribution in [1.82, 2.24) is 0 Å². The fourth-order valence-electron chi connectivity index (χ4n) is 3.32. The molecular weight excluding hydrogens is 423 g/mol. The standard InChI is InChI=1S/C20H29Si.3ClH.Ti/c1-13-14(2)16(4)20(17(5)15(13)3)12-18-9-10-19(11-18)21(6,7)8;;;;/h9-11H,12H2,1-8H3;3*1H;/q;;;;+3/p-3. The number of benzene rings is 1. The van der Waals surface area contributed by atoms with Crippen molar-refractivity contribution in [2.45, 2.75) is 64.4 Å². The summed E-state index contributed by atoms with van der Waals surface area (Å²) < 4.78 is 0.180. The smallest absolute Gasteiger partial charge is 1.00 e. The van der Waals surface area contributed by atoms with E-state index in [1.807, 2.05) is 0 Å². The Morgan fingerprint density at radius 1 is 0.800 bits per heavy atom. The molecule has 0 amide bonds. The third-order valence-electron chi connectivity index (χ3n) is 5.46. The first-order valence-electron chi connectivity index (χ1n) is 8.20. The molecule has 1 aromatic rings. The summed E-state index contributed by atoms with van der Waals surface area (Å²) in [5.41, 5.74) is 8.94. The van der Waals surface area contributed by atoms with Gasteiger partial charge in [0.25, 0.3) is 0 Å². The zero-order valence-corrected chi connectivity index (χ0v) is 21.4. The molecule has 0 saturated heterocycles. The Morgan fingerprint density at radius 3 is 1.56 bits per heavy atom. The van der Waals surface area contributed by atoms with E-state index in [2.05, 4.69) is 92.9 Å². The first kappa shape index (κ1) is 27.7. The predicted octanol–water partition coefficient (Wildman–Crippen LogP) is -3.14. The van der Waals surface area contributed by atoms with Gasteiger partial charge in [0.1, 0.15) is 0 Å². The maximum atomic E-state index is 2.54. The molecule has 0 bridgehead atoms. The predicted molar refractivity (Wildman–Crippen MR) is 97.1 cm³/mol. The maximum absolute atomic E-state index is 2.54. The van der Waals surface area contributed by atoms with Crippen molar-refractivity contribution in [1.29, 1.82) is 0 Å². The maximum Gasteiger partial charge on any atom is -1.00 e. The third kappa shape index (κ3) is 5.74. The van der Waals surface area contributed by atoms with Crippen molar-refractivity contribution in [2.75, 3.05) is 0 Å². The fourth-order valence-corrected chi connectivity index (χ4v) is 5.47. The molecule has 5 heteroatoms. The summed E-state index contributed by atoms with van der Waals surface area (Å²) in [6.45, 7) is 18.7. The molecule has 0 aromatic heterocycles. The van der Waals surface area contributed by atoms with E-state index in [0.29, 0.717) is 0 Å². The van der Waals surface area contributed by atoms with E-state index in [4.69, 9.17) is 0 Å². The van der Waals surface area contributed by atoms with Gasteiger partial charge in [-0.25, -0.2) is 0 Å². The molecule has 0 spiro atoms. The van der Waals surface area contributed by atoms with Crippen LogP contribution in [0.3, 0.4) is 0 Å². The van der Waals surface area contributed by atoms with Crippen molar-refractivity contribution in [3.05, 3.63) is 56.8 Å². The molecule has 0 nitrogen and oxygen atoms in total. The summed E-state index contributed by atoms with van der Waals surface area (Å²) in [5, 5.41) is 1.60. The molecule has 25 heavy (non-hydrogen) atoms. The van der Waals surface area contributed by atoms with Crippen LogP contribution in [0.15, 0.2) is 23.4 Å². The molecule has 1 aliphatic rings. The SMILES string of the molecule is Cc1c(C)c(C)c(C[C]2([Ti+3])C=CC([Si](C)(C)C)=C2)c(C)c1C.[Cl-].[Cl-].[Cl-]. The van der Waals surface area contributed by atoms with Gasteiger partial charge in [-0.05, 0) is 0 Å². The van der Waals surface area contributed by atoms with Crippen LogP contribution in [0.25, 0.3) is 0 Å². The second kappa shape index (κ2) is 9.62. The number of hydrogen-bond donors (Lipinski definition) is 0. The molecule has 138 valence electrons. The normalized spacial score (nSPS) is 18.9. The molecule has 2 rings (SSSR count). The second-order valence-electron chi connectivity index (χ2n) is 8.00. The van der Waals surface area contributed by atoms with Gasteiger partial charge in [-0.2, -0.15) is 0 Å². The summed E-state index contributed by atoms with van der Waals surface area (Å²) in [7, 11) is -1.21. The van der Waals surface area contributed by atoms with Gasteiger partial charge >= 0.3 is 150 Å². The number of hydrogen-bond acceptors (Lipinski definition) is 0. The molecule has 0 fully saturated rings. The Balaban J connectivity index is 0. The molecule has 0 saturated carbocycles. The van der Waals surface area contributed by atoms with E-state index in [1.165, 1.54) is 27.8 Å². The van der Waals surface area contributed by atoms with E-state index >= 15 is 0 Å².